The number of anilines is 1. The molecule has 4 nitrogen and oxygen atoms in total. The summed E-state index contributed by atoms with van der Waals surface area (Å²) in [6, 6.07) is 5.88. The van der Waals surface area contributed by atoms with Gasteiger partial charge in [0.15, 0.2) is 0 Å². The van der Waals surface area contributed by atoms with Crippen LogP contribution in [0.4, 0.5) is 14.9 Å². The van der Waals surface area contributed by atoms with Gasteiger partial charge in [0, 0.05) is 24.8 Å². The summed E-state index contributed by atoms with van der Waals surface area (Å²) >= 11 is 0. The van der Waals surface area contributed by atoms with Crippen molar-refractivity contribution in [3.8, 4) is 0 Å². The first kappa shape index (κ1) is 11.9. The first-order valence-electron chi connectivity index (χ1n) is 5.74. The fraction of sp³-hybridized carbons (Fsp3) is 0.417. The summed E-state index contributed by atoms with van der Waals surface area (Å²) < 4.78 is 12.7. The molecular weight excluding hydrogens is 221 g/mol. The van der Waals surface area contributed by atoms with Gasteiger partial charge in [-0.3, -0.25) is 0 Å². The summed E-state index contributed by atoms with van der Waals surface area (Å²) in [7, 11) is 0. The molecule has 1 aliphatic carbocycles. The van der Waals surface area contributed by atoms with Gasteiger partial charge in [-0.2, -0.15) is 0 Å². The predicted octanol–water partition coefficient (Wildman–Crippen LogP) is 1.78. The van der Waals surface area contributed by atoms with Gasteiger partial charge >= 0.3 is 6.03 Å². The molecule has 3 N–H and O–H groups in total. The third kappa shape index (κ3) is 3.17. The number of benzene rings is 1. The number of nitrogens with two attached hydrogens (primary N) is 1. The SMILES string of the molecule is NCCN(C(=O)Nc1ccc(F)cc1)C1CC1. The molecule has 0 aromatic heterocycles. The minimum absolute atomic E-state index is 0.162. The normalized spacial score (nSPS) is 14.5. The van der Waals surface area contributed by atoms with E-state index in [-0.39, 0.29) is 11.8 Å². The van der Waals surface area contributed by atoms with E-state index in [0.29, 0.717) is 24.8 Å². The van der Waals surface area contributed by atoms with Crippen LogP contribution >= 0.6 is 0 Å². The second-order valence-corrected chi connectivity index (χ2v) is 4.15. The molecule has 0 unspecified atom stereocenters. The average Bonchev–Trinajstić information content (AvgIpc) is 3.13. The molecule has 1 aromatic carbocycles. The number of nitrogens with zero attached hydrogens (tertiary/aromatic N) is 1. The van der Waals surface area contributed by atoms with Crippen LogP contribution in [-0.2, 0) is 0 Å². The average molecular weight is 237 g/mol. The Labute approximate surface area is 99.6 Å². The number of carbonyl (C=O) groups is 1. The Morgan fingerprint density at radius 3 is 2.59 bits per heavy atom. The van der Waals surface area contributed by atoms with Crippen LogP contribution < -0.4 is 11.1 Å². The van der Waals surface area contributed by atoms with Crippen LogP contribution in [0, 0.1) is 5.82 Å². The van der Waals surface area contributed by atoms with Crippen molar-refractivity contribution in [2.45, 2.75) is 18.9 Å². The number of hydrogen-bond acceptors (Lipinski definition) is 2. The highest BCUT2D eigenvalue weighted by Crippen LogP contribution is 2.27. The zero-order valence-electron chi connectivity index (χ0n) is 9.53. The van der Waals surface area contributed by atoms with Crippen LogP contribution in [0.5, 0.6) is 0 Å². The van der Waals surface area contributed by atoms with Crippen LogP contribution in [0.1, 0.15) is 12.8 Å². The van der Waals surface area contributed by atoms with Gasteiger partial charge in [0.1, 0.15) is 5.82 Å². The van der Waals surface area contributed by atoms with E-state index < -0.39 is 0 Å². The van der Waals surface area contributed by atoms with Gasteiger partial charge < -0.3 is 16.0 Å². The van der Waals surface area contributed by atoms with E-state index in [0.717, 1.165) is 12.8 Å². The highest BCUT2D eigenvalue weighted by atomic mass is 19.1. The molecule has 1 aliphatic rings. The Morgan fingerprint density at radius 1 is 1.41 bits per heavy atom. The molecule has 0 radical (unpaired) electrons. The lowest BCUT2D eigenvalue weighted by Gasteiger charge is -2.22. The summed E-state index contributed by atoms with van der Waals surface area (Å²) in [5, 5.41) is 2.74. The first-order valence-corrected chi connectivity index (χ1v) is 5.74. The van der Waals surface area contributed by atoms with Crippen molar-refractivity contribution in [3.05, 3.63) is 30.1 Å². The molecule has 0 atom stereocenters. The fourth-order valence-electron chi connectivity index (χ4n) is 1.70. The standard InChI is InChI=1S/C12H16FN3O/c13-9-1-3-10(4-2-9)15-12(17)16(8-7-14)11-5-6-11/h1-4,11H,5-8,14H2,(H,15,17). The predicted molar refractivity (Wildman–Crippen MR) is 64.2 cm³/mol. The summed E-state index contributed by atoms with van der Waals surface area (Å²) in [6.45, 7) is 1.00. The van der Waals surface area contributed by atoms with Crippen LogP contribution in [0.25, 0.3) is 0 Å². The van der Waals surface area contributed by atoms with Gasteiger partial charge in [-0.25, -0.2) is 9.18 Å². The van der Waals surface area contributed by atoms with Crippen molar-refractivity contribution in [1.82, 2.24) is 4.90 Å². The van der Waals surface area contributed by atoms with E-state index in [1.807, 2.05) is 0 Å². The topological polar surface area (TPSA) is 58.4 Å². The van der Waals surface area contributed by atoms with Gasteiger partial charge in [0.2, 0.25) is 0 Å². The van der Waals surface area contributed by atoms with Crippen molar-refractivity contribution < 1.29 is 9.18 Å². The second-order valence-electron chi connectivity index (χ2n) is 4.15. The van der Waals surface area contributed by atoms with Crippen molar-refractivity contribution in [2.24, 2.45) is 5.73 Å². The maximum Gasteiger partial charge on any atom is 0.322 e. The van der Waals surface area contributed by atoms with Crippen LogP contribution in [0.3, 0.4) is 0 Å². The van der Waals surface area contributed by atoms with Crippen molar-refractivity contribution in [2.75, 3.05) is 18.4 Å². The van der Waals surface area contributed by atoms with Gasteiger partial charge in [-0.05, 0) is 37.1 Å². The molecule has 17 heavy (non-hydrogen) atoms. The van der Waals surface area contributed by atoms with Crippen molar-refractivity contribution in [3.63, 3.8) is 0 Å². The van der Waals surface area contributed by atoms with Gasteiger partial charge in [-0.15, -0.1) is 0 Å². The quantitative estimate of drug-likeness (QED) is 0.838. The second kappa shape index (κ2) is 5.14. The van der Waals surface area contributed by atoms with Crippen molar-refractivity contribution in [1.29, 1.82) is 0 Å². The Hall–Kier alpha value is -1.62. The molecule has 2 amide bonds. The molecule has 0 heterocycles. The number of hydrogen-bond donors (Lipinski definition) is 2. The van der Waals surface area contributed by atoms with E-state index >= 15 is 0 Å². The minimum Gasteiger partial charge on any atom is -0.329 e. The first-order chi connectivity index (χ1) is 8.20. The molecule has 2 rings (SSSR count). The molecule has 5 heteroatoms. The molecule has 0 saturated heterocycles. The van der Waals surface area contributed by atoms with E-state index in [9.17, 15) is 9.18 Å². The Kier molecular flexibility index (Phi) is 3.58. The summed E-state index contributed by atoms with van der Waals surface area (Å²) in [6.07, 6.45) is 2.08. The Morgan fingerprint density at radius 2 is 2.06 bits per heavy atom. The third-order valence-electron chi connectivity index (χ3n) is 2.71. The number of nitrogens with one attached hydrogen (secondary N) is 1. The fourth-order valence-corrected chi connectivity index (χ4v) is 1.70. The van der Waals surface area contributed by atoms with Gasteiger partial charge in [-0.1, -0.05) is 0 Å². The van der Waals surface area contributed by atoms with Crippen LogP contribution in [0.2, 0.25) is 0 Å². The molecular formula is C12H16FN3O. The maximum atomic E-state index is 12.7. The Bertz CT molecular complexity index is 389. The van der Waals surface area contributed by atoms with Crippen molar-refractivity contribution >= 4 is 11.7 Å². The van der Waals surface area contributed by atoms with E-state index in [1.54, 1.807) is 17.0 Å². The highest BCUT2D eigenvalue weighted by Gasteiger charge is 2.31. The zero-order valence-corrected chi connectivity index (χ0v) is 9.53. The molecule has 1 fully saturated rings. The minimum atomic E-state index is -0.316. The number of rotatable bonds is 4. The summed E-state index contributed by atoms with van der Waals surface area (Å²) in [5.74, 6) is -0.316. The lowest BCUT2D eigenvalue weighted by molar-refractivity contribution is 0.210. The highest BCUT2D eigenvalue weighted by molar-refractivity contribution is 5.89. The molecule has 0 spiro atoms. The lowest BCUT2D eigenvalue weighted by atomic mass is 10.3. The Balaban J connectivity index is 1.96. The molecule has 92 valence electrons. The third-order valence-corrected chi connectivity index (χ3v) is 2.71. The number of amides is 2. The molecule has 0 aliphatic heterocycles. The number of halogens is 1. The molecule has 1 aromatic rings. The zero-order chi connectivity index (χ0) is 12.3. The maximum absolute atomic E-state index is 12.7. The van der Waals surface area contributed by atoms with E-state index in [1.165, 1.54) is 12.1 Å². The van der Waals surface area contributed by atoms with E-state index in [2.05, 4.69) is 5.32 Å². The van der Waals surface area contributed by atoms with Crippen LogP contribution in [-0.4, -0.2) is 30.1 Å². The summed E-state index contributed by atoms with van der Waals surface area (Å²) in [4.78, 5) is 13.7. The summed E-state index contributed by atoms with van der Waals surface area (Å²) in [5.41, 5.74) is 6.07. The van der Waals surface area contributed by atoms with E-state index in [4.69, 9.17) is 5.73 Å². The molecule has 0 bridgehead atoms. The monoisotopic (exact) mass is 237 g/mol. The lowest BCUT2D eigenvalue weighted by Crippen LogP contribution is -2.40. The molecule has 1 saturated carbocycles. The van der Waals surface area contributed by atoms with Crippen LogP contribution in [0.15, 0.2) is 24.3 Å². The van der Waals surface area contributed by atoms with Gasteiger partial charge in [0.25, 0.3) is 0 Å². The van der Waals surface area contributed by atoms with Gasteiger partial charge in [0.05, 0.1) is 0 Å². The smallest absolute Gasteiger partial charge is 0.322 e. The number of urea groups is 1. The largest absolute Gasteiger partial charge is 0.329 e. The number of carbonyl (C=O) groups excluding carboxylic acids is 1.